The SMILES string of the molecule is COc1ccc(C(=O)C(N)C(=O)O)cc1C(C)C. The summed E-state index contributed by atoms with van der Waals surface area (Å²) >= 11 is 0. The monoisotopic (exact) mass is 251 g/mol. The smallest absolute Gasteiger partial charge is 0.328 e. The fourth-order valence-corrected chi connectivity index (χ4v) is 1.63. The number of carboxylic acid groups (broad SMARTS) is 1. The number of ether oxygens (including phenoxy) is 1. The summed E-state index contributed by atoms with van der Waals surface area (Å²) in [4.78, 5) is 22.5. The van der Waals surface area contributed by atoms with Gasteiger partial charge in [0, 0.05) is 5.56 Å². The maximum Gasteiger partial charge on any atom is 0.328 e. The molecule has 1 aromatic carbocycles. The number of carboxylic acids is 1. The van der Waals surface area contributed by atoms with Crippen LogP contribution in [0.3, 0.4) is 0 Å². The summed E-state index contributed by atoms with van der Waals surface area (Å²) in [6, 6.07) is 3.28. The molecule has 0 aliphatic heterocycles. The number of methoxy groups -OCH3 is 1. The normalized spacial score (nSPS) is 12.3. The van der Waals surface area contributed by atoms with Crippen molar-refractivity contribution in [1.29, 1.82) is 0 Å². The van der Waals surface area contributed by atoms with Crippen LogP contribution in [0.25, 0.3) is 0 Å². The summed E-state index contributed by atoms with van der Waals surface area (Å²) < 4.78 is 5.19. The minimum absolute atomic E-state index is 0.161. The van der Waals surface area contributed by atoms with Crippen molar-refractivity contribution in [2.24, 2.45) is 5.73 Å². The zero-order valence-electron chi connectivity index (χ0n) is 10.6. The van der Waals surface area contributed by atoms with Crippen molar-refractivity contribution in [2.45, 2.75) is 25.8 Å². The van der Waals surface area contributed by atoms with Gasteiger partial charge >= 0.3 is 5.97 Å². The molecule has 0 saturated heterocycles. The molecule has 5 nitrogen and oxygen atoms in total. The molecule has 98 valence electrons. The summed E-state index contributed by atoms with van der Waals surface area (Å²) in [5.41, 5.74) is 6.44. The Bertz CT molecular complexity index is 468. The number of carbonyl (C=O) groups is 2. The van der Waals surface area contributed by atoms with Crippen LogP contribution in [-0.2, 0) is 4.79 Å². The van der Waals surface area contributed by atoms with Crippen LogP contribution >= 0.6 is 0 Å². The highest BCUT2D eigenvalue weighted by molar-refractivity contribution is 6.11. The van der Waals surface area contributed by atoms with Crippen LogP contribution in [0, 0.1) is 0 Å². The molecule has 5 heteroatoms. The average molecular weight is 251 g/mol. The van der Waals surface area contributed by atoms with Crippen LogP contribution in [0.5, 0.6) is 5.75 Å². The topological polar surface area (TPSA) is 89.6 Å². The highest BCUT2D eigenvalue weighted by atomic mass is 16.5. The van der Waals surface area contributed by atoms with E-state index in [0.29, 0.717) is 5.75 Å². The molecule has 1 unspecified atom stereocenters. The Morgan fingerprint density at radius 2 is 1.94 bits per heavy atom. The molecule has 3 N–H and O–H groups in total. The molecule has 0 aliphatic carbocycles. The third-order valence-electron chi connectivity index (χ3n) is 2.68. The van der Waals surface area contributed by atoms with Gasteiger partial charge in [0.2, 0.25) is 0 Å². The van der Waals surface area contributed by atoms with Crippen molar-refractivity contribution in [2.75, 3.05) is 7.11 Å². The number of hydrogen-bond acceptors (Lipinski definition) is 4. The summed E-state index contributed by atoms with van der Waals surface area (Å²) in [6.07, 6.45) is 0. The highest BCUT2D eigenvalue weighted by Crippen LogP contribution is 2.27. The third-order valence-corrected chi connectivity index (χ3v) is 2.68. The van der Waals surface area contributed by atoms with E-state index in [2.05, 4.69) is 0 Å². The van der Waals surface area contributed by atoms with E-state index in [4.69, 9.17) is 15.6 Å². The highest BCUT2D eigenvalue weighted by Gasteiger charge is 2.23. The Morgan fingerprint density at radius 1 is 1.33 bits per heavy atom. The van der Waals surface area contributed by atoms with E-state index in [9.17, 15) is 9.59 Å². The van der Waals surface area contributed by atoms with Gasteiger partial charge in [-0.3, -0.25) is 9.59 Å². The zero-order valence-corrected chi connectivity index (χ0v) is 10.6. The number of aliphatic carboxylic acids is 1. The lowest BCUT2D eigenvalue weighted by atomic mass is 9.96. The molecule has 0 heterocycles. The number of nitrogens with two attached hydrogens (primary N) is 1. The van der Waals surface area contributed by atoms with E-state index in [0.717, 1.165) is 5.56 Å². The van der Waals surface area contributed by atoms with Crippen molar-refractivity contribution in [3.05, 3.63) is 29.3 Å². The van der Waals surface area contributed by atoms with Gasteiger partial charge in [-0.2, -0.15) is 0 Å². The Hall–Kier alpha value is -1.88. The first-order valence-electron chi connectivity index (χ1n) is 5.59. The largest absolute Gasteiger partial charge is 0.496 e. The maximum absolute atomic E-state index is 11.8. The van der Waals surface area contributed by atoms with Crippen molar-refractivity contribution < 1.29 is 19.4 Å². The molecule has 1 rings (SSSR count). The molecule has 1 aromatic rings. The Kier molecular flexibility index (Phi) is 4.44. The van der Waals surface area contributed by atoms with Gasteiger partial charge in [-0.05, 0) is 29.7 Å². The van der Waals surface area contributed by atoms with Crippen LogP contribution in [0.2, 0.25) is 0 Å². The Morgan fingerprint density at radius 3 is 2.39 bits per heavy atom. The molecule has 0 aliphatic rings. The van der Waals surface area contributed by atoms with Crippen LogP contribution in [0.4, 0.5) is 0 Å². The Balaban J connectivity index is 3.16. The molecule has 0 saturated carbocycles. The first-order valence-corrected chi connectivity index (χ1v) is 5.59. The van der Waals surface area contributed by atoms with Crippen LogP contribution < -0.4 is 10.5 Å². The van der Waals surface area contributed by atoms with E-state index >= 15 is 0 Å². The maximum atomic E-state index is 11.8. The number of benzene rings is 1. The van der Waals surface area contributed by atoms with Crippen molar-refractivity contribution in [3.8, 4) is 5.75 Å². The second-order valence-electron chi connectivity index (χ2n) is 4.29. The lowest BCUT2D eigenvalue weighted by molar-refractivity contribution is -0.137. The predicted octanol–water partition coefficient (Wildman–Crippen LogP) is 1.41. The van der Waals surface area contributed by atoms with Crippen LogP contribution in [0.15, 0.2) is 18.2 Å². The van der Waals surface area contributed by atoms with E-state index < -0.39 is 17.8 Å². The van der Waals surface area contributed by atoms with E-state index in [-0.39, 0.29) is 11.5 Å². The first kappa shape index (κ1) is 14.2. The molecule has 0 aromatic heterocycles. The zero-order chi connectivity index (χ0) is 13.9. The molecule has 0 radical (unpaired) electrons. The molecule has 0 bridgehead atoms. The average Bonchev–Trinajstić information content (AvgIpc) is 2.35. The lowest BCUT2D eigenvalue weighted by Crippen LogP contribution is -2.38. The summed E-state index contributed by atoms with van der Waals surface area (Å²) in [7, 11) is 1.55. The molecule has 0 amide bonds. The van der Waals surface area contributed by atoms with Gasteiger partial charge in [-0.15, -0.1) is 0 Å². The minimum Gasteiger partial charge on any atom is -0.496 e. The fraction of sp³-hybridized carbons (Fsp3) is 0.385. The fourth-order valence-electron chi connectivity index (χ4n) is 1.63. The number of Topliss-reactive ketones (excluding diaryl/α,β-unsaturated/α-hetero) is 1. The van der Waals surface area contributed by atoms with Crippen LogP contribution in [-0.4, -0.2) is 30.0 Å². The second kappa shape index (κ2) is 5.64. The lowest BCUT2D eigenvalue weighted by Gasteiger charge is -2.14. The second-order valence-corrected chi connectivity index (χ2v) is 4.29. The Labute approximate surface area is 106 Å². The van der Waals surface area contributed by atoms with Gasteiger partial charge in [0.05, 0.1) is 7.11 Å². The number of ketones is 1. The third kappa shape index (κ3) is 2.87. The van der Waals surface area contributed by atoms with Crippen molar-refractivity contribution in [1.82, 2.24) is 0 Å². The van der Waals surface area contributed by atoms with Crippen molar-refractivity contribution in [3.63, 3.8) is 0 Å². The quantitative estimate of drug-likeness (QED) is 0.610. The summed E-state index contributed by atoms with van der Waals surface area (Å²) in [5.74, 6) is -1.10. The number of carbonyl (C=O) groups excluding carboxylic acids is 1. The van der Waals surface area contributed by atoms with Gasteiger partial charge < -0.3 is 15.6 Å². The first-order chi connectivity index (χ1) is 8.38. The molecule has 0 spiro atoms. The summed E-state index contributed by atoms with van der Waals surface area (Å²) in [6.45, 7) is 3.92. The molecule has 0 fully saturated rings. The van der Waals surface area contributed by atoms with Gasteiger partial charge in [-0.25, -0.2) is 0 Å². The van der Waals surface area contributed by atoms with E-state index in [1.807, 2.05) is 13.8 Å². The van der Waals surface area contributed by atoms with Crippen molar-refractivity contribution >= 4 is 11.8 Å². The van der Waals surface area contributed by atoms with Crippen LogP contribution in [0.1, 0.15) is 35.7 Å². The van der Waals surface area contributed by atoms with Gasteiger partial charge in [0.25, 0.3) is 0 Å². The number of rotatable bonds is 5. The predicted molar refractivity (Wildman–Crippen MR) is 67.0 cm³/mol. The van der Waals surface area contributed by atoms with E-state index in [1.165, 1.54) is 6.07 Å². The molecular weight excluding hydrogens is 234 g/mol. The van der Waals surface area contributed by atoms with E-state index in [1.54, 1.807) is 19.2 Å². The molecule has 1 atom stereocenters. The standard InChI is InChI=1S/C13H17NO4/c1-7(2)9-6-8(4-5-10(9)18-3)12(15)11(14)13(16)17/h4-7,11H,14H2,1-3H3,(H,16,17). The van der Waals surface area contributed by atoms with Gasteiger partial charge in [0.1, 0.15) is 5.75 Å². The van der Waals surface area contributed by atoms with Gasteiger partial charge in [-0.1, -0.05) is 13.8 Å². The minimum atomic E-state index is -1.53. The summed E-state index contributed by atoms with van der Waals surface area (Å²) in [5, 5.41) is 8.72. The molecular formula is C13H17NO4. The molecule has 18 heavy (non-hydrogen) atoms. The number of hydrogen-bond donors (Lipinski definition) is 2. The van der Waals surface area contributed by atoms with Gasteiger partial charge in [0.15, 0.2) is 11.8 Å².